The summed E-state index contributed by atoms with van der Waals surface area (Å²) >= 11 is 1.55. The summed E-state index contributed by atoms with van der Waals surface area (Å²) in [5.74, 6) is 0.453. The first-order valence-corrected chi connectivity index (χ1v) is 8.60. The molecule has 0 saturated carbocycles. The summed E-state index contributed by atoms with van der Waals surface area (Å²) in [7, 11) is 0. The summed E-state index contributed by atoms with van der Waals surface area (Å²) in [5, 5.41) is 4.17. The number of rotatable bonds is 7. The van der Waals surface area contributed by atoms with E-state index in [9.17, 15) is 14.0 Å². The Bertz CT molecular complexity index is 922. The molecule has 128 valence electrons. The second kappa shape index (κ2) is 7.48. The van der Waals surface area contributed by atoms with Gasteiger partial charge in [0.15, 0.2) is 12.1 Å². The van der Waals surface area contributed by atoms with Gasteiger partial charge < -0.3 is 5.32 Å². The van der Waals surface area contributed by atoms with E-state index in [2.05, 4.69) is 15.3 Å². The van der Waals surface area contributed by atoms with Crippen molar-refractivity contribution in [2.75, 3.05) is 5.32 Å². The molecule has 0 bridgehead atoms. The Morgan fingerprint density at radius 1 is 1.28 bits per heavy atom. The van der Waals surface area contributed by atoms with E-state index in [0.717, 1.165) is 20.7 Å². The number of Topliss-reactive ketones (excluding diaryl/α,β-unsaturated/α-hetero) is 1. The van der Waals surface area contributed by atoms with Crippen molar-refractivity contribution in [1.29, 1.82) is 0 Å². The van der Waals surface area contributed by atoms with Gasteiger partial charge in [-0.1, -0.05) is 12.1 Å². The standard InChI is InChI=1S/C18H16FN3O2S/c1-11-8-15-17(20-9-12-2-4-13(19)5-3-12)21-16(22-18(15)25-11)7-6-14(24)10-23/h2-5,8,10H,6-7,9H2,1H3,(H,20,21,22). The van der Waals surface area contributed by atoms with Crippen molar-refractivity contribution in [2.45, 2.75) is 26.3 Å². The van der Waals surface area contributed by atoms with E-state index in [-0.39, 0.29) is 12.2 Å². The van der Waals surface area contributed by atoms with Gasteiger partial charge in [0.2, 0.25) is 0 Å². The Hall–Kier alpha value is -2.67. The number of carbonyl (C=O) groups is 2. The lowest BCUT2D eigenvalue weighted by Gasteiger charge is -2.09. The number of aldehydes is 1. The van der Waals surface area contributed by atoms with E-state index in [1.54, 1.807) is 23.5 Å². The summed E-state index contributed by atoms with van der Waals surface area (Å²) < 4.78 is 13.0. The van der Waals surface area contributed by atoms with E-state index in [0.29, 0.717) is 30.9 Å². The minimum Gasteiger partial charge on any atom is -0.365 e. The van der Waals surface area contributed by atoms with Crippen LogP contribution in [-0.4, -0.2) is 22.0 Å². The number of anilines is 1. The highest BCUT2D eigenvalue weighted by atomic mass is 32.1. The van der Waals surface area contributed by atoms with Gasteiger partial charge >= 0.3 is 0 Å². The molecule has 5 nitrogen and oxygen atoms in total. The van der Waals surface area contributed by atoms with E-state index in [4.69, 9.17) is 0 Å². The van der Waals surface area contributed by atoms with Crippen LogP contribution in [0.25, 0.3) is 10.2 Å². The average molecular weight is 357 g/mol. The quantitative estimate of drug-likeness (QED) is 0.518. The van der Waals surface area contributed by atoms with Crippen molar-refractivity contribution in [3.05, 3.63) is 52.4 Å². The number of aryl methyl sites for hydroxylation is 2. The van der Waals surface area contributed by atoms with Gasteiger partial charge in [-0.05, 0) is 30.7 Å². The molecule has 2 heterocycles. The van der Waals surface area contributed by atoms with Crippen molar-refractivity contribution in [3.63, 3.8) is 0 Å². The lowest BCUT2D eigenvalue weighted by molar-refractivity contribution is -0.129. The molecule has 2 aromatic heterocycles. The van der Waals surface area contributed by atoms with Crippen molar-refractivity contribution < 1.29 is 14.0 Å². The summed E-state index contributed by atoms with van der Waals surface area (Å²) in [4.78, 5) is 32.6. The van der Waals surface area contributed by atoms with E-state index >= 15 is 0 Å². The number of ketones is 1. The van der Waals surface area contributed by atoms with E-state index < -0.39 is 5.78 Å². The lowest BCUT2D eigenvalue weighted by Crippen LogP contribution is -2.07. The van der Waals surface area contributed by atoms with Crippen LogP contribution in [0.15, 0.2) is 30.3 Å². The van der Waals surface area contributed by atoms with Gasteiger partial charge in [-0.3, -0.25) is 9.59 Å². The molecular formula is C18H16FN3O2S. The fourth-order valence-corrected chi connectivity index (χ4v) is 3.31. The normalized spacial score (nSPS) is 10.8. The molecular weight excluding hydrogens is 341 g/mol. The molecule has 1 aromatic carbocycles. The number of nitrogens with zero attached hydrogens (tertiary/aromatic N) is 2. The van der Waals surface area contributed by atoms with Crippen LogP contribution in [0.1, 0.15) is 22.7 Å². The minimum absolute atomic E-state index is 0.0940. The second-order valence-corrected chi connectivity index (χ2v) is 6.86. The summed E-state index contributed by atoms with van der Waals surface area (Å²) in [5.41, 5.74) is 0.929. The van der Waals surface area contributed by atoms with Crippen LogP contribution in [0.5, 0.6) is 0 Å². The molecule has 0 fully saturated rings. The first-order chi connectivity index (χ1) is 12.0. The van der Waals surface area contributed by atoms with Crippen LogP contribution in [0, 0.1) is 12.7 Å². The molecule has 0 saturated heterocycles. The molecule has 7 heteroatoms. The molecule has 0 aliphatic heterocycles. The van der Waals surface area contributed by atoms with E-state index in [1.165, 1.54) is 12.1 Å². The molecule has 0 radical (unpaired) electrons. The molecule has 0 spiro atoms. The maximum Gasteiger partial charge on any atom is 0.195 e. The Morgan fingerprint density at radius 3 is 2.76 bits per heavy atom. The third-order valence-corrected chi connectivity index (χ3v) is 4.61. The first-order valence-electron chi connectivity index (χ1n) is 7.78. The van der Waals surface area contributed by atoms with Gasteiger partial charge in [0, 0.05) is 24.3 Å². The Kier molecular flexibility index (Phi) is 5.14. The van der Waals surface area contributed by atoms with Gasteiger partial charge in [-0.2, -0.15) is 0 Å². The van der Waals surface area contributed by atoms with Crippen LogP contribution < -0.4 is 5.32 Å². The maximum absolute atomic E-state index is 13.0. The predicted molar refractivity (Wildman–Crippen MR) is 95.3 cm³/mol. The van der Waals surface area contributed by atoms with Gasteiger partial charge in [-0.15, -0.1) is 11.3 Å². The largest absolute Gasteiger partial charge is 0.365 e. The molecule has 3 aromatic rings. The van der Waals surface area contributed by atoms with Gasteiger partial charge in [-0.25, -0.2) is 14.4 Å². The molecule has 25 heavy (non-hydrogen) atoms. The third kappa shape index (κ3) is 4.24. The predicted octanol–water partition coefficient (Wildman–Crippen LogP) is 3.45. The number of hydrogen-bond acceptors (Lipinski definition) is 6. The summed E-state index contributed by atoms with van der Waals surface area (Å²) in [6.07, 6.45) is 0.730. The van der Waals surface area contributed by atoms with Crippen molar-refractivity contribution in [1.82, 2.24) is 9.97 Å². The third-order valence-electron chi connectivity index (χ3n) is 3.66. The van der Waals surface area contributed by atoms with Crippen molar-refractivity contribution >= 4 is 39.4 Å². The summed E-state index contributed by atoms with van der Waals surface area (Å²) in [6.45, 7) is 2.49. The molecule has 0 aliphatic rings. The number of halogens is 1. The van der Waals surface area contributed by atoms with Gasteiger partial charge in [0.1, 0.15) is 22.3 Å². The smallest absolute Gasteiger partial charge is 0.195 e. The van der Waals surface area contributed by atoms with Crippen LogP contribution in [0.3, 0.4) is 0 Å². The topological polar surface area (TPSA) is 72.0 Å². The Morgan fingerprint density at radius 2 is 2.04 bits per heavy atom. The fourth-order valence-electron chi connectivity index (χ4n) is 2.41. The molecule has 0 aliphatic carbocycles. The highest BCUT2D eigenvalue weighted by molar-refractivity contribution is 7.18. The number of thiophene rings is 1. The number of benzene rings is 1. The minimum atomic E-state index is -0.466. The van der Waals surface area contributed by atoms with Crippen LogP contribution in [0.4, 0.5) is 10.2 Å². The van der Waals surface area contributed by atoms with Crippen molar-refractivity contribution in [2.24, 2.45) is 0 Å². The monoisotopic (exact) mass is 357 g/mol. The Balaban J connectivity index is 1.84. The highest BCUT2D eigenvalue weighted by Gasteiger charge is 2.12. The van der Waals surface area contributed by atoms with Crippen LogP contribution >= 0.6 is 11.3 Å². The second-order valence-electron chi connectivity index (χ2n) is 5.63. The van der Waals surface area contributed by atoms with Crippen LogP contribution in [0.2, 0.25) is 0 Å². The first kappa shape index (κ1) is 17.2. The lowest BCUT2D eigenvalue weighted by atomic mass is 10.2. The average Bonchev–Trinajstić information content (AvgIpc) is 2.99. The number of carbonyl (C=O) groups excluding carboxylic acids is 2. The highest BCUT2D eigenvalue weighted by Crippen LogP contribution is 2.29. The maximum atomic E-state index is 13.0. The van der Waals surface area contributed by atoms with Gasteiger partial charge in [0.25, 0.3) is 0 Å². The molecule has 0 amide bonds. The van der Waals surface area contributed by atoms with E-state index in [1.807, 2.05) is 13.0 Å². The van der Waals surface area contributed by atoms with Crippen LogP contribution in [-0.2, 0) is 22.6 Å². The summed E-state index contributed by atoms with van der Waals surface area (Å²) in [6, 6.07) is 8.26. The molecule has 3 rings (SSSR count). The fraction of sp³-hybridized carbons (Fsp3) is 0.222. The number of fused-ring (bicyclic) bond motifs is 1. The zero-order chi connectivity index (χ0) is 17.8. The van der Waals surface area contributed by atoms with Crippen molar-refractivity contribution in [3.8, 4) is 0 Å². The SMILES string of the molecule is Cc1cc2c(NCc3ccc(F)cc3)nc(CCC(=O)C=O)nc2s1. The number of aromatic nitrogens is 2. The molecule has 0 atom stereocenters. The zero-order valence-electron chi connectivity index (χ0n) is 13.6. The number of hydrogen-bond donors (Lipinski definition) is 1. The molecule has 1 N–H and O–H groups in total. The molecule has 0 unspecified atom stereocenters. The Labute approximate surface area is 147 Å². The number of nitrogens with one attached hydrogen (secondary N) is 1. The zero-order valence-corrected chi connectivity index (χ0v) is 14.4. The van der Waals surface area contributed by atoms with Gasteiger partial charge in [0.05, 0.1) is 5.39 Å².